The standard InChI is InChI=1S/Al.B.Ga.H4Si.6H/h;;;1H4;;;;;;. The van der Waals surface area contributed by atoms with Crippen LogP contribution in [-0.2, 0) is 0 Å². The molecule has 0 amide bonds. The van der Waals surface area contributed by atoms with E-state index in [0.29, 0.717) is 0 Å². The van der Waals surface area contributed by atoms with Gasteiger partial charge in [-0.1, -0.05) is 0 Å². The summed E-state index contributed by atoms with van der Waals surface area (Å²) in [6.45, 7) is 0. The summed E-state index contributed by atoms with van der Waals surface area (Å²) in [5, 5.41) is 0. The van der Waals surface area contributed by atoms with Crippen molar-refractivity contribution in [3.8, 4) is 0 Å². The summed E-state index contributed by atoms with van der Waals surface area (Å²) in [6.07, 6.45) is 0. The molecular weight excluding hydrogens is 136 g/mol. The van der Waals surface area contributed by atoms with Crippen LogP contribution in [0.1, 0.15) is 0 Å². The smallest absolute Gasteiger partial charge is 0.0149 e. The Kier molecular flexibility index (Phi) is 323. The summed E-state index contributed by atoms with van der Waals surface area (Å²) in [4.78, 5) is 0. The molecule has 4 heavy (non-hydrogen) atoms. The third-order valence-electron chi connectivity index (χ3n) is 0. The molecule has 0 aliphatic heterocycles. The second-order valence-corrected chi connectivity index (χ2v) is 0. The van der Waals surface area contributed by atoms with Crippen molar-refractivity contribution in [2.45, 2.75) is 0 Å². The van der Waals surface area contributed by atoms with Crippen LogP contribution in [0.25, 0.3) is 0 Å². The van der Waals surface area contributed by atoms with Crippen LogP contribution in [-0.4, -0.2) is 56.5 Å². The molecule has 0 aliphatic carbocycles. The van der Waals surface area contributed by atoms with Gasteiger partial charge in [-0.2, -0.15) is 0 Å². The Bertz CT molecular complexity index is 8.00. The van der Waals surface area contributed by atoms with Crippen molar-refractivity contribution in [1.82, 2.24) is 0 Å². The predicted octanol–water partition coefficient (Wildman–Crippen LogP) is -4.20. The molecule has 0 fully saturated rings. The molecule has 0 N–H and O–H groups in total. The molecule has 0 nitrogen and oxygen atoms in total. The van der Waals surface area contributed by atoms with Gasteiger partial charge in [-0.15, -0.1) is 0 Å². The van der Waals surface area contributed by atoms with Gasteiger partial charge in [0.2, 0.25) is 0 Å². The van der Waals surface area contributed by atoms with Gasteiger partial charge in [0.1, 0.15) is 0 Å². The Labute approximate surface area is 56.5 Å². The minimum atomic E-state index is 0. The van der Waals surface area contributed by atoms with E-state index in [4.69, 9.17) is 0 Å². The molecule has 3 radical (unpaired) electrons. The van der Waals surface area contributed by atoms with Crippen LogP contribution in [0, 0.1) is 0 Å². The van der Waals surface area contributed by atoms with E-state index in [1.54, 1.807) is 0 Å². The van der Waals surface area contributed by atoms with Crippen molar-refractivity contribution in [2.75, 3.05) is 0 Å². The van der Waals surface area contributed by atoms with E-state index < -0.39 is 0 Å². The fourth-order valence-corrected chi connectivity index (χ4v) is 0. The average molecular weight is 146 g/mol. The Balaban J connectivity index is 0. The molecule has 0 aliphatic rings. The van der Waals surface area contributed by atoms with E-state index >= 15 is 0 Å². The predicted molar refractivity (Wildman–Crippen MR) is 37.0 cm³/mol. The molecule has 23 valence electrons. The summed E-state index contributed by atoms with van der Waals surface area (Å²) in [7, 11) is 0. The third-order valence-corrected chi connectivity index (χ3v) is 0. The molecule has 0 heterocycles. The van der Waals surface area contributed by atoms with E-state index in [0.717, 1.165) is 0 Å². The van der Waals surface area contributed by atoms with Gasteiger partial charge in [0, 0.05) is 8.41 Å². The summed E-state index contributed by atoms with van der Waals surface area (Å²) in [6, 6.07) is 0. The first kappa shape index (κ1) is 51.3. The maximum Gasteiger partial charge on any atom is -0.0149 e. The molecule has 0 saturated carbocycles. The minimum absolute atomic E-state index is 0. The minimum Gasteiger partial charge on any atom is -0.0149 e. The largest absolute Gasteiger partial charge is 0.0149 e. The van der Waals surface area contributed by atoms with Gasteiger partial charge in [0.05, 0.1) is 0 Å². The summed E-state index contributed by atoms with van der Waals surface area (Å²) in [5.74, 6) is 0. The number of hydrogen-bond donors (Lipinski definition) is 0. The Morgan fingerprint density at radius 1 is 1.00 bits per heavy atom. The van der Waals surface area contributed by atoms with Gasteiger partial charge in [0.15, 0.2) is 17.4 Å². The van der Waals surface area contributed by atoms with Gasteiger partial charge < -0.3 is 0 Å². The fraction of sp³-hybridized carbons (Fsp3) is 0. The quantitative estimate of drug-likeness (QED) is 0.304. The van der Waals surface area contributed by atoms with Crippen LogP contribution in [0.2, 0.25) is 0 Å². The van der Waals surface area contributed by atoms with Crippen molar-refractivity contribution in [1.29, 1.82) is 0 Å². The molecular formula is H10AlBGaSi. The van der Waals surface area contributed by atoms with Crippen LogP contribution in [0.3, 0.4) is 0 Å². The monoisotopic (exact) mass is 145 g/mol. The summed E-state index contributed by atoms with van der Waals surface area (Å²) < 4.78 is 0. The molecule has 0 aromatic rings. The number of hydrogen-bond acceptors (Lipinski definition) is 0. The van der Waals surface area contributed by atoms with Gasteiger partial charge in [-0.05, 0) is 11.0 Å². The molecule has 0 saturated heterocycles. The number of rotatable bonds is 0. The first-order valence-electron chi connectivity index (χ1n) is 0. The van der Waals surface area contributed by atoms with Gasteiger partial charge >= 0.3 is 19.8 Å². The van der Waals surface area contributed by atoms with E-state index in [-0.39, 0.29) is 56.5 Å². The van der Waals surface area contributed by atoms with Gasteiger partial charge in [-0.3, -0.25) is 0 Å². The van der Waals surface area contributed by atoms with Crippen molar-refractivity contribution >= 4 is 56.5 Å². The van der Waals surface area contributed by atoms with Gasteiger partial charge in [-0.25, -0.2) is 0 Å². The van der Waals surface area contributed by atoms with Crippen molar-refractivity contribution < 1.29 is 0 Å². The molecule has 0 unspecified atom stereocenters. The second-order valence-electron chi connectivity index (χ2n) is 0. The van der Waals surface area contributed by atoms with Crippen LogP contribution in [0.4, 0.5) is 0 Å². The summed E-state index contributed by atoms with van der Waals surface area (Å²) in [5.41, 5.74) is 0. The van der Waals surface area contributed by atoms with Crippen LogP contribution in [0.5, 0.6) is 0 Å². The Morgan fingerprint density at radius 3 is 1.00 bits per heavy atom. The maximum atomic E-state index is 0. The average Bonchev–Trinajstić information content (AvgIpc) is 0. The van der Waals surface area contributed by atoms with E-state index in [9.17, 15) is 0 Å². The van der Waals surface area contributed by atoms with Crippen molar-refractivity contribution in [3.05, 3.63) is 0 Å². The SMILES string of the molecule is [AlH3].[B].[GaH3].[SiH4]. The van der Waals surface area contributed by atoms with Crippen LogP contribution < -0.4 is 0 Å². The van der Waals surface area contributed by atoms with Crippen LogP contribution >= 0.6 is 0 Å². The fourth-order valence-electron chi connectivity index (χ4n) is 0. The Hall–Kier alpha value is 1.45. The maximum absolute atomic E-state index is 0. The molecule has 0 bridgehead atoms. The summed E-state index contributed by atoms with van der Waals surface area (Å²) >= 11 is 0. The van der Waals surface area contributed by atoms with E-state index in [1.165, 1.54) is 0 Å². The molecule has 0 spiro atoms. The first-order chi connectivity index (χ1) is 0. The van der Waals surface area contributed by atoms with E-state index in [1.807, 2.05) is 0 Å². The molecule has 0 atom stereocenters. The molecule has 0 aromatic carbocycles. The zero-order chi connectivity index (χ0) is 0. The molecule has 0 aromatic heterocycles. The third kappa shape index (κ3) is 9.85. The first-order valence-corrected chi connectivity index (χ1v) is 0. The zero-order valence-electron chi connectivity index (χ0n) is 0.577. The van der Waals surface area contributed by atoms with Crippen LogP contribution in [0.15, 0.2) is 0 Å². The Morgan fingerprint density at radius 2 is 1.00 bits per heavy atom. The molecule has 0 rings (SSSR count). The normalized spacial score (nSPS) is 0. The van der Waals surface area contributed by atoms with E-state index in [2.05, 4.69) is 0 Å². The second kappa shape index (κ2) is 25.2. The zero-order valence-corrected chi connectivity index (χ0v) is 0.577. The van der Waals surface area contributed by atoms with Crippen molar-refractivity contribution in [2.24, 2.45) is 0 Å². The van der Waals surface area contributed by atoms with Gasteiger partial charge in [0.25, 0.3) is 0 Å². The topological polar surface area (TPSA) is 0 Å². The van der Waals surface area contributed by atoms with Crippen molar-refractivity contribution in [3.63, 3.8) is 0 Å². The molecule has 4 heteroatoms.